The monoisotopic (exact) mass is 388 g/mol. The van der Waals surface area contributed by atoms with Crippen LogP contribution in [0.1, 0.15) is 22.3 Å². The first-order chi connectivity index (χ1) is 13.0. The highest BCUT2D eigenvalue weighted by molar-refractivity contribution is 6.33. The lowest BCUT2D eigenvalue weighted by atomic mass is 10.0. The van der Waals surface area contributed by atoms with Gasteiger partial charge in [0.2, 0.25) is 6.73 Å². The van der Waals surface area contributed by atoms with Crippen LogP contribution < -0.4 is 15.3 Å². The van der Waals surface area contributed by atoms with Gasteiger partial charge in [0.1, 0.15) is 12.4 Å². The molecule has 0 aliphatic carbocycles. The van der Waals surface area contributed by atoms with Gasteiger partial charge in [-0.1, -0.05) is 29.8 Å². The van der Waals surface area contributed by atoms with E-state index < -0.39 is 0 Å². The van der Waals surface area contributed by atoms with E-state index in [1.54, 1.807) is 25.1 Å². The smallest absolute Gasteiger partial charge is 0.339 e. The van der Waals surface area contributed by atoms with Crippen LogP contribution in [-0.2, 0) is 13.0 Å². The Bertz CT molecular complexity index is 1090. The molecule has 4 rings (SSSR count). The van der Waals surface area contributed by atoms with Crippen LogP contribution in [0.25, 0.3) is 11.0 Å². The average Bonchev–Trinajstić information content (AvgIpc) is 2.67. The third kappa shape index (κ3) is 3.22. The van der Waals surface area contributed by atoms with Crippen molar-refractivity contribution in [3.05, 3.63) is 73.8 Å². The molecule has 2 heterocycles. The van der Waals surface area contributed by atoms with Crippen molar-refractivity contribution in [2.24, 2.45) is 0 Å². The number of ether oxygens (including phenoxy) is 1. The van der Waals surface area contributed by atoms with Gasteiger partial charge in [0, 0.05) is 17.4 Å². The Morgan fingerprint density at radius 3 is 2.78 bits per heavy atom. The summed E-state index contributed by atoms with van der Waals surface area (Å²) in [5.41, 5.74) is 3.12. The fraction of sp³-hybridized carbons (Fsp3) is 0.286. The van der Waals surface area contributed by atoms with Crippen LogP contribution in [0.2, 0.25) is 5.02 Å². The Hall–Kier alpha value is -2.37. The maximum Gasteiger partial charge on any atom is 0.339 e. The largest absolute Gasteiger partial charge is 0.443 e. The first-order valence-corrected chi connectivity index (χ1v) is 9.28. The van der Waals surface area contributed by atoms with Gasteiger partial charge in [-0.25, -0.2) is 9.18 Å². The molecule has 0 fully saturated rings. The summed E-state index contributed by atoms with van der Waals surface area (Å²) in [4.78, 5) is 13.3. The lowest BCUT2D eigenvalue weighted by Crippen LogP contribution is -3.12. The molecule has 0 saturated heterocycles. The summed E-state index contributed by atoms with van der Waals surface area (Å²) in [5, 5.41) is 1.34. The molecule has 1 unspecified atom stereocenters. The highest BCUT2D eigenvalue weighted by Gasteiger charge is 2.27. The number of fused-ring (bicyclic) bond motifs is 3. The van der Waals surface area contributed by atoms with Crippen LogP contribution in [0.15, 0.2) is 39.5 Å². The summed E-state index contributed by atoms with van der Waals surface area (Å²) in [6.07, 6.45) is 0.598. The van der Waals surface area contributed by atoms with Crippen LogP contribution in [0.3, 0.4) is 0 Å². The molecule has 1 aromatic heterocycles. The van der Waals surface area contributed by atoms with Crippen LogP contribution in [-0.4, -0.2) is 13.3 Å². The number of aryl methyl sites for hydroxylation is 1. The fourth-order valence-corrected chi connectivity index (χ4v) is 3.83. The zero-order valence-electron chi connectivity index (χ0n) is 15.2. The van der Waals surface area contributed by atoms with Crippen molar-refractivity contribution in [1.29, 1.82) is 0 Å². The molecule has 1 N–H and O–H groups in total. The van der Waals surface area contributed by atoms with E-state index >= 15 is 0 Å². The van der Waals surface area contributed by atoms with Crippen molar-refractivity contribution < 1.29 is 18.4 Å². The molecule has 1 aliphatic heterocycles. The molecule has 2 aromatic carbocycles. The Morgan fingerprint density at radius 1 is 1.22 bits per heavy atom. The van der Waals surface area contributed by atoms with Crippen LogP contribution in [0.4, 0.5) is 4.39 Å². The van der Waals surface area contributed by atoms with Gasteiger partial charge in [0.05, 0.1) is 17.1 Å². The quantitative estimate of drug-likeness (QED) is 0.701. The van der Waals surface area contributed by atoms with E-state index in [1.807, 2.05) is 13.0 Å². The molecule has 1 atom stereocenters. The predicted octanol–water partition coefficient (Wildman–Crippen LogP) is 3.18. The minimum absolute atomic E-state index is 0.194. The number of hydrogen-bond acceptors (Lipinski definition) is 3. The second-order valence-electron chi connectivity index (χ2n) is 6.99. The van der Waals surface area contributed by atoms with Crippen molar-refractivity contribution in [2.75, 3.05) is 13.3 Å². The van der Waals surface area contributed by atoms with Crippen molar-refractivity contribution in [1.82, 2.24) is 0 Å². The van der Waals surface area contributed by atoms with Gasteiger partial charge in [0.15, 0.2) is 11.3 Å². The number of nitrogens with one attached hydrogen (secondary N) is 1. The Morgan fingerprint density at radius 2 is 2.00 bits per heavy atom. The maximum absolute atomic E-state index is 13.9. The molecule has 27 heavy (non-hydrogen) atoms. The summed E-state index contributed by atoms with van der Waals surface area (Å²) in [6.45, 7) is 5.37. The molecule has 0 saturated carbocycles. The van der Waals surface area contributed by atoms with Crippen molar-refractivity contribution in [3.8, 4) is 5.75 Å². The first-order valence-electron chi connectivity index (χ1n) is 8.91. The average molecular weight is 389 g/mol. The van der Waals surface area contributed by atoms with E-state index in [0.29, 0.717) is 53.7 Å². The molecular weight excluding hydrogens is 369 g/mol. The SMILES string of the molecule is Cc1c(C)c2cc(Cl)c3c(c2oc1=O)C[NH+](CCc1ccccc1F)CO3. The van der Waals surface area contributed by atoms with Gasteiger partial charge in [-0.05, 0) is 37.1 Å². The summed E-state index contributed by atoms with van der Waals surface area (Å²) < 4.78 is 25.3. The highest BCUT2D eigenvalue weighted by Crippen LogP contribution is 2.37. The summed E-state index contributed by atoms with van der Waals surface area (Å²) >= 11 is 6.42. The van der Waals surface area contributed by atoms with Gasteiger partial charge in [-0.2, -0.15) is 0 Å². The topological polar surface area (TPSA) is 43.9 Å². The third-order valence-electron chi connectivity index (χ3n) is 5.30. The number of hydrogen-bond donors (Lipinski definition) is 1. The Kier molecular flexibility index (Phi) is 4.66. The minimum Gasteiger partial charge on any atom is -0.443 e. The van der Waals surface area contributed by atoms with Crippen LogP contribution in [0.5, 0.6) is 5.75 Å². The normalized spacial score (nSPS) is 16.2. The molecule has 4 nitrogen and oxygen atoms in total. The fourth-order valence-electron chi connectivity index (χ4n) is 3.55. The van der Waals surface area contributed by atoms with Gasteiger partial charge >= 0.3 is 5.63 Å². The zero-order chi connectivity index (χ0) is 19.1. The van der Waals surface area contributed by atoms with Crippen molar-refractivity contribution in [3.63, 3.8) is 0 Å². The van der Waals surface area contributed by atoms with E-state index in [4.69, 9.17) is 20.8 Å². The van der Waals surface area contributed by atoms with Crippen molar-refractivity contribution in [2.45, 2.75) is 26.8 Å². The number of halogens is 2. The molecule has 0 spiro atoms. The maximum atomic E-state index is 13.9. The summed E-state index contributed by atoms with van der Waals surface area (Å²) in [7, 11) is 0. The van der Waals surface area contributed by atoms with E-state index in [0.717, 1.165) is 21.4 Å². The van der Waals surface area contributed by atoms with Gasteiger partial charge < -0.3 is 9.15 Å². The van der Waals surface area contributed by atoms with Crippen LogP contribution >= 0.6 is 11.6 Å². The standard InChI is InChI=1S/C21H19ClFNO3/c1-12-13(2)21(25)27-19-15(12)9-17(22)20-16(19)10-24(11-26-20)8-7-14-5-3-4-6-18(14)23/h3-6,9H,7-8,10-11H2,1-2H3/p+1. The van der Waals surface area contributed by atoms with Crippen LogP contribution in [0, 0.1) is 19.7 Å². The molecule has 3 aromatic rings. The van der Waals surface area contributed by atoms with Gasteiger partial charge in [-0.15, -0.1) is 0 Å². The molecule has 140 valence electrons. The van der Waals surface area contributed by atoms with Gasteiger partial charge in [0.25, 0.3) is 0 Å². The van der Waals surface area contributed by atoms with E-state index in [1.165, 1.54) is 6.07 Å². The molecule has 1 aliphatic rings. The summed E-state index contributed by atoms with van der Waals surface area (Å²) in [5.74, 6) is 0.381. The minimum atomic E-state index is -0.344. The number of quaternary nitrogens is 1. The first kappa shape index (κ1) is 18.0. The zero-order valence-corrected chi connectivity index (χ0v) is 16.0. The molecule has 0 radical (unpaired) electrons. The molecular formula is C21H20ClFNO3+. The van der Waals surface area contributed by atoms with Crippen molar-refractivity contribution >= 4 is 22.6 Å². The number of benzene rings is 2. The van der Waals surface area contributed by atoms with E-state index in [-0.39, 0.29) is 11.4 Å². The third-order valence-corrected chi connectivity index (χ3v) is 5.58. The lowest BCUT2D eigenvalue weighted by Gasteiger charge is -2.27. The van der Waals surface area contributed by atoms with E-state index in [2.05, 4.69) is 0 Å². The second-order valence-corrected chi connectivity index (χ2v) is 7.40. The van der Waals surface area contributed by atoms with E-state index in [9.17, 15) is 9.18 Å². The Labute approximate surface area is 161 Å². The highest BCUT2D eigenvalue weighted by atomic mass is 35.5. The van der Waals surface area contributed by atoms with Gasteiger partial charge in [-0.3, -0.25) is 4.90 Å². The molecule has 0 amide bonds. The Balaban J connectivity index is 1.68. The predicted molar refractivity (Wildman–Crippen MR) is 102 cm³/mol. The summed E-state index contributed by atoms with van der Waals surface area (Å²) in [6, 6.07) is 8.59. The lowest BCUT2D eigenvalue weighted by molar-refractivity contribution is -0.932. The molecule has 0 bridgehead atoms. The second kappa shape index (κ2) is 6.98. The molecule has 6 heteroatoms. The number of rotatable bonds is 3.